The van der Waals surface area contributed by atoms with Crippen molar-refractivity contribution < 1.29 is 22.8 Å². The number of anilines is 2. The van der Waals surface area contributed by atoms with Crippen LogP contribution in [0.25, 0.3) is 33.5 Å². The lowest BCUT2D eigenvalue weighted by molar-refractivity contribution is -0.137. The maximum absolute atomic E-state index is 13.5. The van der Waals surface area contributed by atoms with E-state index in [2.05, 4.69) is 15.3 Å². The van der Waals surface area contributed by atoms with E-state index >= 15 is 0 Å². The van der Waals surface area contributed by atoms with E-state index < -0.39 is 23.2 Å². The fourth-order valence-electron chi connectivity index (χ4n) is 4.11. The number of pyridine rings is 1. The van der Waals surface area contributed by atoms with Crippen molar-refractivity contribution in [3.63, 3.8) is 0 Å². The molecular formula is C28H19ClF3N5O3. The van der Waals surface area contributed by atoms with Gasteiger partial charge >= 0.3 is 6.18 Å². The summed E-state index contributed by atoms with van der Waals surface area (Å²) in [6.07, 6.45) is -4.60. The molecule has 40 heavy (non-hydrogen) atoms. The van der Waals surface area contributed by atoms with Gasteiger partial charge in [0.15, 0.2) is 11.5 Å². The van der Waals surface area contributed by atoms with Crippen LogP contribution in [0.4, 0.5) is 24.7 Å². The Morgan fingerprint density at radius 2 is 1.73 bits per heavy atom. The summed E-state index contributed by atoms with van der Waals surface area (Å²) >= 11 is 6.43. The molecule has 2 aromatic heterocycles. The SMILES string of the molecule is COn1c(=O)c(-c2cc(NC(=O)c3cccc(C(F)(F)F)c3)ccc2Cl)cc2c(N)nc(-c3ccccc3)nc21. The van der Waals surface area contributed by atoms with E-state index in [9.17, 15) is 22.8 Å². The number of halogens is 4. The summed E-state index contributed by atoms with van der Waals surface area (Å²) in [4.78, 5) is 40.4. The number of nitrogens with zero attached hydrogens (tertiary/aromatic N) is 3. The molecule has 5 rings (SSSR count). The first kappa shape index (κ1) is 26.7. The number of nitrogens with one attached hydrogen (secondary N) is 1. The molecule has 5 aromatic rings. The van der Waals surface area contributed by atoms with Crippen molar-refractivity contribution in [3.05, 3.63) is 105 Å². The minimum Gasteiger partial charge on any atom is -0.412 e. The predicted molar refractivity (Wildman–Crippen MR) is 146 cm³/mol. The van der Waals surface area contributed by atoms with Gasteiger partial charge in [0, 0.05) is 27.4 Å². The number of hydrogen-bond acceptors (Lipinski definition) is 6. The van der Waals surface area contributed by atoms with E-state index in [0.29, 0.717) is 16.8 Å². The Morgan fingerprint density at radius 3 is 2.42 bits per heavy atom. The Hall–Kier alpha value is -4.90. The molecule has 0 aliphatic carbocycles. The van der Waals surface area contributed by atoms with Crippen molar-refractivity contribution in [1.29, 1.82) is 0 Å². The molecule has 0 aliphatic heterocycles. The Labute approximate surface area is 229 Å². The van der Waals surface area contributed by atoms with E-state index in [4.69, 9.17) is 22.2 Å². The number of rotatable bonds is 5. The molecule has 0 radical (unpaired) electrons. The van der Waals surface area contributed by atoms with Crippen molar-refractivity contribution in [2.75, 3.05) is 18.2 Å². The van der Waals surface area contributed by atoms with Crippen LogP contribution in [0.5, 0.6) is 0 Å². The lowest BCUT2D eigenvalue weighted by atomic mass is 10.0. The summed E-state index contributed by atoms with van der Waals surface area (Å²) in [6, 6.07) is 18.9. The van der Waals surface area contributed by atoms with E-state index in [1.165, 1.54) is 37.4 Å². The normalized spacial score (nSPS) is 11.4. The summed E-state index contributed by atoms with van der Waals surface area (Å²) in [7, 11) is 1.29. The van der Waals surface area contributed by atoms with Crippen molar-refractivity contribution in [2.24, 2.45) is 0 Å². The zero-order chi connectivity index (χ0) is 28.6. The third kappa shape index (κ3) is 5.06. The van der Waals surface area contributed by atoms with Crippen LogP contribution >= 0.6 is 11.6 Å². The van der Waals surface area contributed by atoms with Gasteiger partial charge in [-0.05, 0) is 42.5 Å². The van der Waals surface area contributed by atoms with Gasteiger partial charge in [-0.2, -0.15) is 13.2 Å². The second-order valence-electron chi connectivity index (χ2n) is 8.60. The summed E-state index contributed by atoms with van der Waals surface area (Å²) in [5, 5.41) is 3.02. The van der Waals surface area contributed by atoms with Crippen LogP contribution in [0.1, 0.15) is 15.9 Å². The van der Waals surface area contributed by atoms with Crippen molar-refractivity contribution in [3.8, 4) is 22.5 Å². The van der Waals surface area contributed by atoms with Gasteiger partial charge in [-0.1, -0.05) is 48.0 Å². The number of amides is 1. The highest BCUT2D eigenvalue weighted by Gasteiger charge is 2.31. The van der Waals surface area contributed by atoms with Crippen LogP contribution in [-0.4, -0.2) is 27.7 Å². The van der Waals surface area contributed by atoms with Gasteiger partial charge in [-0.3, -0.25) is 9.59 Å². The molecule has 3 aromatic carbocycles. The Bertz CT molecular complexity index is 1830. The Balaban J connectivity index is 1.57. The van der Waals surface area contributed by atoms with Gasteiger partial charge < -0.3 is 15.9 Å². The average Bonchev–Trinajstić information content (AvgIpc) is 2.94. The number of carbonyl (C=O) groups is 1. The molecule has 12 heteroatoms. The second-order valence-corrected chi connectivity index (χ2v) is 9.01. The van der Waals surface area contributed by atoms with E-state index in [0.717, 1.165) is 22.9 Å². The molecule has 0 saturated heterocycles. The molecule has 0 fully saturated rings. The molecule has 0 aliphatic rings. The van der Waals surface area contributed by atoms with Gasteiger partial charge in [-0.15, -0.1) is 4.73 Å². The largest absolute Gasteiger partial charge is 0.416 e. The first-order valence-electron chi connectivity index (χ1n) is 11.7. The van der Waals surface area contributed by atoms with Crippen LogP contribution in [0.15, 0.2) is 83.7 Å². The van der Waals surface area contributed by atoms with Crippen molar-refractivity contribution in [1.82, 2.24) is 14.7 Å². The Kier molecular flexibility index (Phi) is 6.90. The van der Waals surface area contributed by atoms with Crippen LogP contribution in [0, 0.1) is 0 Å². The smallest absolute Gasteiger partial charge is 0.412 e. The number of aromatic nitrogens is 3. The highest BCUT2D eigenvalue weighted by Crippen LogP contribution is 2.33. The molecule has 0 atom stereocenters. The molecule has 0 bridgehead atoms. The maximum Gasteiger partial charge on any atom is 0.416 e. The van der Waals surface area contributed by atoms with Gasteiger partial charge in [0.1, 0.15) is 12.9 Å². The molecular weight excluding hydrogens is 547 g/mol. The van der Waals surface area contributed by atoms with Gasteiger partial charge in [0.05, 0.1) is 16.5 Å². The average molecular weight is 566 g/mol. The number of nitrogen functional groups attached to an aromatic ring is 1. The van der Waals surface area contributed by atoms with Crippen LogP contribution in [0.2, 0.25) is 5.02 Å². The molecule has 2 heterocycles. The zero-order valence-electron chi connectivity index (χ0n) is 20.7. The van der Waals surface area contributed by atoms with Crippen molar-refractivity contribution >= 4 is 40.0 Å². The highest BCUT2D eigenvalue weighted by molar-refractivity contribution is 6.33. The second kappa shape index (κ2) is 10.3. The predicted octanol–water partition coefficient (Wildman–Crippen LogP) is 5.69. The van der Waals surface area contributed by atoms with Gasteiger partial charge in [0.2, 0.25) is 0 Å². The number of benzene rings is 3. The lowest BCUT2D eigenvalue weighted by Gasteiger charge is -2.14. The van der Waals surface area contributed by atoms with Crippen LogP contribution < -0.4 is 21.4 Å². The zero-order valence-corrected chi connectivity index (χ0v) is 21.4. The maximum atomic E-state index is 13.5. The van der Waals surface area contributed by atoms with Crippen molar-refractivity contribution in [2.45, 2.75) is 6.18 Å². The minimum atomic E-state index is -4.60. The van der Waals surface area contributed by atoms with Gasteiger partial charge in [-0.25, -0.2) is 9.97 Å². The number of alkyl halides is 3. The molecule has 202 valence electrons. The van der Waals surface area contributed by atoms with E-state index in [1.54, 1.807) is 12.1 Å². The first-order valence-corrected chi connectivity index (χ1v) is 12.1. The standard InChI is InChI=1S/C28H19ClF3N5O3/c1-40-37-25-21(23(33)35-24(36-25)15-6-3-2-4-7-15)14-20(27(37)39)19-13-18(10-11-22(19)29)34-26(38)16-8-5-9-17(12-16)28(30,31)32/h2-14H,1H3,(H,34,38)(H2,33,35,36). The fourth-order valence-corrected chi connectivity index (χ4v) is 4.33. The summed E-state index contributed by atoms with van der Waals surface area (Å²) < 4.78 is 40.2. The fraction of sp³-hybridized carbons (Fsp3) is 0.0714. The molecule has 1 amide bonds. The molecule has 0 spiro atoms. The molecule has 8 nitrogen and oxygen atoms in total. The van der Waals surface area contributed by atoms with Crippen LogP contribution in [-0.2, 0) is 6.18 Å². The topological polar surface area (TPSA) is 112 Å². The third-order valence-electron chi connectivity index (χ3n) is 6.03. The third-order valence-corrected chi connectivity index (χ3v) is 6.36. The summed E-state index contributed by atoms with van der Waals surface area (Å²) in [5.41, 5.74) is 5.78. The first-order chi connectivity index (χ1) is 19.1. The van der Waals surface area contributed by atoms with E-state index in [-0.39, 0.29) is 38.9 Å². The molecule has 3 N–H and O–H groups in total. The minimum absolute atomic E-state index is 0.0669. The Morgan fingerprint density at radius 1 is 0.975 bits per heavy atom. The number of nitrogens with two attached hydrogens (primary N) is 1. The number of carbonyl (C=O) groups excluding carboxylic acids is 1. The summed E-state index contributed by atoms with van der Waals surface area (Å²) in [5.74, 6) is -0.403. The monoisotopic (exact) mass is 565 g/mol. The number of hydrogen-bond donors (Lipinski definition) is 2. The molecule has 0 unspecified atom stereocenters. The lowest BCUT2D eigenvalue weighted by Crippen LogP contribution is -2.27. The van der Waals surface area contributed by atoms with Gasteiger partial charge in [0.25, 0.3) is 11.5 Å². The number of fused-ring (bicyclic) bond motifs is 1. The quantitative estimate of drug-likeness (QED) is 0.283. The summed E-state index contributed by atoms with van der Waals surface area (Å²) in [6.45, 7) is 0. The molecule has 0 saturated carbocycles. The highest BCUT2D eigenvalue weighted by atomic mass is 35.5. The van der Waals surface area contributed by atoms with Crippen LogP contribution in [0.3, 0.4) is 0 Å². The van der Waals surface area contributed by atoms with E-state index in [1.807, 2.05) is 18.2 Å².